The first-order valence-corrected chi connectivity index (χ1v) is 10.1. The summed E-state index contributed by atoms with van der Waals surface area (Å²) in [5, 5.41) is 21.6. The van der Waals surface area contributed by atoms with Crippen LogP contribution in [0.4, 0.5) is 18.9 Å². The fourth-order valence-corrected chi connectivity index (χ4v) is 4.91. The molecule has 0 bridgehead atoms. The van der Waals surface area contributed by atoms with Crippen LogP contribution in [0.5, 0.6) is 0 Å². The summed E-state index contributed by atoms with van der Waals surface area (Å²) in [6.07, 6.45) is -4.74. The van der Waals surface area contributed by atoms with Crippen molar-refractivity contribution < 1.29 is 23.4 Å². The number of alkyl halides is 3. The predicted molar refractivity (Wildman–Crippen MR) is 102 cm³/mol. The highest BCUT2D eigenvalue weighted by atomic mass is 32.2. The van der Waals surface area contributed by atoms with Gasteiger partial charge in [-0.3, -0.25) is 0 Å². The molecule has 2 heterocycles. The van der Waals surface area contributed by atoms with Crippen LogP contribution >= 0.6 is 23.3 Å². The Kier molecular flexibility index (Phi) is 6.07. The minimum atomic E-state index is -4.74. The summed E-state index contributed by atoms with van der Waals surface area (Å²) < 4.78 is 42.3. The van der Waals surface area contributed by atoms with E-state index in [0.717, 1.165) is 19.2 Å². The number of thiophene rings is 1. The lowest BCUT2D eigenvalue weighted by atomic mass is 9.95. The number of anilines is 1. The summed E-state index contributed by atoms with van der Waals surface area (Å²) in [6.45, 7) is 2.75. The highest BCUT2D eigenvalue weighted by Crippen LogP contribution is 2.39. The van der Waals surface area contributed by atoms with Gasteiger partial charge in [0.05, 0.1) is 16.9 Å². The van der Waals surface area contributed by atoms with Gasteiger partial charge in [0, 0.05) is 25.3 Å². The van der Waals surface area contributed by atoms with Crippen molar-refractivity contribution in [2.24, 2.45) is 0 Å². The van der Waals surface area contributed by atoms with Crippen molar-refractivity contribution in [3.63, 3.8) is 0 Å². The number of aliphatic hydroxyl groups is 2. The van der Waals surface area contributed by atoms with Crippen LogP contribution in [-0.2, 0) is 5.60 Å². The third-order valence-corrected chi connectivity index (χ3v) is 6.76. The average molecular weight is 419 g/mol. The topological polar surface area (TPSA) is 46.9 Å². The number of rotatable bonds is 5. The summed E-state index contributed by atoms with van der Waals surface area (Å²) in [4.78, 5) is 2.00. The summed E-state index contributed by atoms with van der Waals surface area (Å²) in [5.41, 5.74) is -2.36. The maximum absolute atomic E-state index is 13.0. The van der Waals surface area contributed by atoms with Crippen molar-refractivity contribution in [1.29, 1.82) is 0 Å². The smallest absolute Gasteiger partial charge is 0.394 e. The van der Waals surface area contributed by atoms with E-state index in [1.54, 1.807) is 35.4 Å². The molecule has 0 aliphatic carbocycles. The Balaban J connectivity index is 1.71. The number of piperazine rings is 1. The van der Waals surface area contributed by atoms with Gasteiger partial charge >= 0.3 is 6.18 Å². The maximum Gasteiger partial charge on any atom is 0.421 e. The lowest BCUT2D eigenvalue weighted by Gasteiger charge is -2.41. The van der Waals surface area contributed by atoms with Crippen LogP contribution in [0.15, 0.2) is 46.0 Å². The van der Waals surface area contributed by atoms with Gasteiger partial charge in [-0.05, 0) is 48.0 Å². The number of nitrogens with zero attached hydrogens (tertiary/aromatic N) is 2. The van der Waals surface area contributed by atoms with E-state index < -0.39 is 11.8 Å². The molecule has 0 radical (unpaired) electrons. The van der Waals surface area contributed by atoms with Crippen LogP contribution in [0.1, 0.15) is 12.5 Å². The van der Waals surface area contributed by atoms with Gasteiger partial charge in [-0.2, -0.15) is 13.2 Å². The van der Waals surface area contributed by atoms with Gasteiger partial charge in [0.2, 0.25) is 0 Å². The van der Waals surface area contributed by atoms with Crippen molar-refractivity contribution in [1.82, 2.24) is 4.31 Å². The van der Waals surface area contributed by atoms with Gasteiger partial charge in [0.25, 0.3) is 0 Å². The van der Waals surface area contributed by atoms with Gasteiger partial charge < -0.3 is 15.1 Å². The Hall–Kier alpha value is -1.26. The fraction of sp³-hybridized carbons (Fsp3) is 0.444. The van der Waals surface area contributed by atoms with E-state index in [1.165, 1.54) is 16.3 Å². The summed E-state index contributed by atoms with van der Waals surface area (Å²) in [7, 11) is 0. The number of hydrogen-bond acceptors (Lipinski definition) is 6. The normalized spacial score (nSPS) is 21.3. The lowest BCUT2D eigenvalue weighted by molar-refractivity contribution is -0.258. The molecule has 1 saturated heterocycles. The van der Waals surface area contributed by atoms with Crippen molar-refractivity contribution in [3.8, 4) is 0 Å². The van der Waals surface area contributed by atoms with Crippen LogP contribution in [0, 0.1) is 0 Å². The van der Waals surface area contributed by atoms with Crippen LogP contribution < -0.4 is 4.90 Å². The first-order valence-electron chi connectivity index (χ1n) is 8.46. The molecular weight excluding hydrogens is 397 g/mol. The Morgan fingerprint density at radius 2 is 1.89 bits per heavy atom. The van der Waals surface area contributed by atoms with Crippen molar-refractivity contribution in [2.75, 3.05) is 31.1 Å². The second-order valence-corrected chi connectivity index (χ2v) is 8.90. The van der Waals surface area contributed by atoms with E-state index in [-0.39, 0.29) is 18.2 Å². The molecular formula is C18H21F3N2O2S2. The summed E-state index contributed by atoms with van der Waals surface area (Å²) in [5.74, 6) is 0. The number of aliphatic hydroxyl groups excluding tert-OH is 1. The number of halogens is 3. The van der Waals surface area contributed by atoms with E-state index >= 15 is 0 Å². The van der Waals surface area contributed by atoms with Gasteiger partial charge in [0.15, 0.2) is 5.60 Å². The zero-order valence-corrected chi connectivity index (χ0v) is 16.3. The van der Waals surface area contributed by atoms with Crippen LogP contribution in [0.25, 0.3) is 0 Å². The highest BCUT2D eigenvalue weighted by molar-refractivity contribution is 7.98. The first kappa shape index (κ1) is 20.5. The molecule has 2 N–H and O–H groups in total. The van der Waals surface area contributed by atoms with E-state index in [9.17, 15) is 23.4 Å². The molecule has 2 aromatic rings. The van der Waals surface area contributed by atoms with Gasteiger partial charge in [-0.25, -0.2) is 4.31 Å². The summed E-state index contributed by atoms with van der Waals surface area (Å²) >= 11 is 3.31. The average Bonchev–Trinajstić information content (AvgIpc) is 3.14. The SMILES string of the molecule is CC(O)(c1ccc(N2CCN(Sc3cccs3)CC2CO)cc1)C(F)(F)F. The third kappa shape index (κ3) is 4.43. The first-order chi connectivity index (χ1) is 12.7. The monoisotopic (exact) mass is 418 g/mol. The van der Waals surface area contributed by atoms with Crippen molar-refractivity contribution in [2.45, 2.75) is 29.0 Å². The summed E-state index contributed by atoms with van der Waals surface area (Å²) in [6, 6.07) is 9.61. The zero-order valence-electron chi connectivity index (χ0n) is 14.7. The molecule has 1 aliphatic rings. The Morgan fingerprint density at radius 1 is 1.19 bits per heavy atom. The molecule has 148 valence electrons. The second-order valence-electron chi connectivity index (χ2n) is 6.56. The van der Waals surface area contributed by atoms with Gasteiger partial charge in [0.1, 0.15) is 0 Å². The van der Waals surface area contributed by atoms with E-state index in [0.29, 0.717) is 13.1 Å². The molecule has 1 fully saturated rings. The molecule has 0 amide bonds. The minimum absolute atomic E-state index is 0.0521. The molecule has 1 aromatic carbocycles. The molecule has 1 aromatic heterocycles. The molecule has 4 nitrogen and oxygen atoms in total. The maximum atomic E-state index is 13.0. The molecule has 0 saturated carbocycles. The molecule has 2 unspecified atom stereocenters. The second kappa shape index (κ2) is 8.00. The number of hydrogen-bond donors (Lipinski definition) is 2. The van der Waals surface area contributed by atoms with Crippen molar-refractivity contribution >= 4 is 29.0 Å². The van der Waals surface area contributed by atoms with Crippen molar-refractivity contribution in [3.05, 3.63) is 47.3 Å². The third-order valence-electron chi connectivity index (χ3n) is 4.68. The van der Waals surface area contributed by atoms with Gasteiger partial charge in [-0.1, -0.05) is 18.2 Å². The van der Waals surface area contributed by atoms with Crippen LogP contribution in [-0.4, -0.2) is 53.0 Å². The highest BCUT2D eigenvalue weighted by Gasteiger charge is 2.51. The molecule has 3 rings (SSSR count). The van der Waals surface area contributed by atoms with E-state index in [1.807, 2.05) is 22.4 Å². The lowest BCUT2D eigenvalue weighted by Crippen LogP contribution is -2.52. The van der Waals surface area contributed by atoms with Crippen LogP contribution in [0.2, 0.25) is 0 Å². The molecule has 0 spiro atoms. The molecule has 27 heavy (non-hydrogen) atoms. The Bertz CT molecular complexity index is 736. The molecule has 1 aliphatic heterocycles. The quantitative estimate of drug-likeness (QED) is 0.725. The Morgan fingerprint density at radius 3 is 2.44 bits per heavy atom. The predicted octanol–water partition coefficient (Wildman–Crippen LogP) is 3.71. The largest absolute Gasteiger partial charge is 0.421 e. The zero-order chi connectivity index (χ0) is 19.7. The van der Waals surface area contributed by atoms with Crippen LogP contribution in [0.3, 0.4) is 0 Å². The molecule has 9 heteroatoms. The number of benzene rings is 1. The fourth-order valence-electron chi connectivity index (χ4n) is 2.99. The standard InChI is InChI=1S/C18H21F3N2O2S2/c1-17(25,18(19,20)21)13-4-6-14(7-5-13)23-9-8-22(11-15(23)12-24)27-16-3-2-10-26-16/h2-7,10,15,24-25H,8-9,11-12H2,1H3. The van der Waals surface area contributed by atoms with E-state index in [4.69, 9.17) is 0 Å². The Labute approximate surface area is 164 Å². The van der Waals surface area contributed by atoms with E-state index in [2.05, 4.69) is 4.31 Å². The molecule has 2 atom stereocenters. The minimum Gasteiger partial charge on any atom is -0.394 e. The van der Waals surface area contributed by atoms with Gasteiger partial charge in [-0.15, -0.1) is 11.3 Å².